The molecule has 1 N–H and O–H groups in total. The van der Waals surface area contributed by atoms with Gasteiger partial charge >= 0.3 is 6.61 Å². The number of anilines is 1. The van der Waals surface area contributed by atoms with Crippen molar-refractivity contribution in [2.24, 2.45) is 0 Å². The third-order valence-corrected chi connectivity index (χ3v) is 3.96. The van der Waals surface area contributed by atoms with Gasteiger partial charge in [0.2, 0.25) is 0 Å². The van der Waals surface area contributed by atoms with Crippen molar-refractivity contribution in [3.8, 4) is 16.9 Å². The van der Waals surface area contributed by atoms with Gasteiger partial charge in [-0.25, -0.2) is 0 Å². The highest BCUT2D eigenvalue weighted by Gasteiger charge is 2.11. The van der Waals surface area contributed by atoms with Gasteiger partial charge < -0.3 is 10.1 Å². The van der Waals surface area contributed by atoms with Crippen molar-refractivity contribution in [3.05, 3.63) is 83.4 Å². The molecule has 3 nitrogen and oxygen atoms in total. The molecule has 0 spiro atoms. The molecule has 0 heterocycles. The number of nitrogens with one attached hydrogen (secondary N) is 1. The lowest BCUT2D eigenvalue weighted by Gasteiger charge is -2.10. The van der Waals surface area contributed by atoms with Gasteiger partial charge in [-0.3, -0.25) is 4.79 Å². The van der Waals surface area contributed by atoms with E-state index < -0.39 is 6.61 Å². The lowest BCUT2D eigenvalue weighted by molar-refractivity contribution is -0.0497. The molecule has 0 aliphatic rings. The van der Waals surface area contributed by atoms with Crippen molar-refractivity contribution >= 4 is 23.2 Å². The summed E-state index contributed by atoms with van der Waals surface area (Å²) in [6.07, 6.45) is 0. The van der Waals surface area contributed by atoms with Crippen molar-refractivity contribution in [2.45, 2.75) is 6.61 Å². The Morgan fingerprint density at radius 1 is 0.923 bits per heavy atom. The Morgan fingerprint density at radius 3 is 2.19 bits per heavy atom. The van der Waals surface area contributed by atoms with Crippen LogP contribution in [0.2, 0.25) is 5.02 Å². The summed E-state index contributed by atoms with van der Waals surface area (Å²) in [5.41, 5.74) is 2.90. The Balaban J connectivity index is 1.71. The minimum absolute atomic E-state index is 0.0116. The van der Waals surface area contributed by atoms with Gasteiger partial charge in [-0.1, -0.05) is 54.1 Å². The molecule has 0 aliphatic heterocycles. The van der Waals surface area contributed by atoms with Crippen molar-refractivity contribution in [1.82, 2.24) is 0 Å². The van der Waals surface area contributed by atoms with E-state index in [0.29, 0.717) is 11.3 Å². The minimum Gasteiger partial charge on any atom is -0.433 e. The number of hydrogen-bond donors (Lipinski definition) is 1. The first-order valence-corrected chi connectivity index (χ1v) is 8.12. The summed E-state index contributed by atoms with van der Waals surface area (Å²) < 4.78 is 28.7. The summed E-state index contributed by atoms with van der Waals surface area (Å²) >= 11 is 5.88. The number of ether oxygens (including phenoxy) is 1. The summed E-state index contributed by atoms with van der Waals surface area (Å²) in [5, 5.41) is 2.66. The van der Waals surface area contributed by atoms with Crippen LogP contribution in [0, 0.1) is 0 Å². The van der Waals surface area contributed by atoms with Crippen LogP contribution in [0.4, 0.5) is 14.5 Å². The normalized spacial score (nSPS) is 10.6. The number of halogens is 3. The summed E-state index contributed by atoms with van der Waals surface area (Å²) in [5.74, 6) is -0.477. The fourth-order valence-corrected chi connectivity index (χ4v) is 2.64. The molecule has 1 amide bonds. The van der Waals surface area contributed by atoms with E-state index in [1.165, 1.54) is 18.2 Å². The van der Waals surface area contributed by atoms with Gasteiger partial charge in [-0.2, -0.15) is 8.78 Å². The molecule has 132 valence electrons. The molecular formula is C20H14ClF2NO2. The van der Waals surface area contributed by atoms with Crippen molar-refractivity contribution < 1.29 is 18.3 Å². The van der Waals surface area contributed by atoms with Crippen LogP contribution in [0.5, 0.6) is 5.75 Å². The lowest BCUT2D eigenvalue weighted by atomic mass is 10.0. The molecule has 0 saturated carbocycles. The van der Waals surface area contributed by atoms with Gasteiger partial charge in [0.15, 0.2) is 0 Å². The third kappa shape index (κ3) is 4.37. The van der Waals surface area contributed by atoms with Crippen molar-refractivity contribution in [1.29, 1.82) is 0 Å². The monoisotopic (exact) mass is 373 g/mol. The van der Waals surface area contributed by atoms with Crippen LogP contribution in [-0.4, -0.2) is 12.5 Å². The standard InChI is InChI=1S/C20H14ClF2NO2/c21-17-12-16(10-11-18(17)26-20(22)23)24-19(25)15-8-6-14(7-9-15)13-4-2-1-3-5-13/h1-12,20H,(H,24,25). The number of carbonyl (C=O) groups excluding carboxylic acids is 1. The molecule has 0 fully saturated rings. The van der Waals surface area contributed by atoms with Crippen LogP contribution in [0.1, 0.15) is 10.4 Å². The van der Waals surface area contributed by atoms with Gasteiger partial charge in [-0.15, -0.1) is 0 Å². The highest BCUT2D eigenvalue weighted by molar-refractivity contribution is 6.32. The second kappa shape index (κ2) is 7.97. The second-order valence-electron chi connectivity index (χ2n) is 5.42. The number of alkyl halides is 2. The molecule has 0 atom stereocenters. The summed E-state index contributed by atoms with van der Waals surface area (Å²) in [7, 11) is 0. The smallest absolute Gasteiger partial charge is 0.387 e. The Bertz CT molecular complexity index is 899. The van der Waals surface area contributed by atoms with Gasteiger partial charge in [0.25, 0.3) is 5.91 Å². The molecule has 6 heteroatoms. The van der Waals surface area contributed by atoms with Crippen LogP contribution in [0.3, 0.4) is 0 Å². The van der Waals surface area contributed by atoms with E-state index in [4.69, 9.17) is 11.6 Å². The Hall–Kier alpha value is -2.92. The minimum atomic E-state index is -2.96. The van der Waals surface area contributed by atoms with Crippen LogP contribution in [0.25, 0.3) is 11.1 Å². The number of amides is 1. The molecule has 3 rings (SSSR count). The van der Waals surface area contributed by atoms with Crippen LogP contribution in [-0.2, 0) is 0 Å². The van der Waals surface area contributed by atoms with E-state index >= 15 is 0 Å². The molecule has 26 heavy (non-hydrogen) atoms. The largest absolute Gasteiger partial charge is 0.433 e. The Kier molecular flexibility index (Phi) is 5.49. The van der Waals surface area contributed by atoms with Crippen LogP contribution < -0.4 is 10.1 Å². The Labute approximate surface area is 154 Å². The van der Waals surface area contributed by atoms with E-state index in [0.717, 1.165) is 11.1 Å². The summed E-state index contributed by atoms with van der Waals surface area (Å²) in [4.78, 5) is 12.3. The number of benzene rings is 3. The second-order valence-corrected chi connectivity index (χ2v) is 5.83. The number of rotatable bonds is 5. The van der Waals surface area contributed by atoms with E-state index in [1.807, 2.05) is 42.5 Å². The molecule has 0 aliphatic carbocycles. The van der Waals surface area contributed by atoms with Crippen molar-refractivity contribution in [2.75, 3.05) is 5.32 Å². The predicted molar refractivity (Wildman–Crippen MR) is 97.9 cm³/mol. The highest BCUT2D eigenvalue weighted by Crippen LogP contribution is 2.29. The predicted octanol–water partition coefficient (Wildman–Crippen LogP) is 5.86. The molecule has 0 unspecified atom stereocenters. The average Bonchev–Trinajstić information content (AvgIpc) is 2.64. The van der Waals surface area contributed by atoms with E-state index in [9.17, 15) is 13.6 Å². The zero-order valence-electron chi connectivity index (χ0n) is 13.5. The highest BCUT2D eigenvalue weighted by atomic mass is 35.5. The van der Waals surface area contributed by atoms with Crippen molar-refractivity contribution in [3.63, 3.8) is 0 Å². The first-order chi connectivity index (χ1) is 12.5. The van der Waals surface area contributed by atoms with E-state index in [-0.39, 0.29) is 16.7 Å². The van der Waals surface area contributed by atoms with Gasteiger partial charge in [0.1, 0.15) is 5.75 Å². The molecular weight excluding hydrogens is 360 g/mol. The lowest BCUT2D eigenvalue weighted by Crippen LogP contribution is -2.12. The zero-order chi connectivity index (χ0) is 18.5. The summed E-state index contributed by atoms with van der Waals surface area (Å²) in [6, 6.07) is 21.0. The number of carbonyl (C=O) groups is 1. The molecule has 0 aromatic heterocycles. The first-order valence-electron chi connectivity index (χ1n) is 7.74. The average molecular weight is 374 g/mol. The summed E-state index contributed by atoms with van der Waals surface area (Å²) in [6.45, 7) is -2.96. The molecule has 0 bridgehead atoms. The van der Waals surface area contributed by atoms with Gasteiger partial charge in [0.05, 0.1) is 5.02 Å². The van der Waals surface area contributed by atoms with Crippen LogP contribution in [0.15, 0.2) is 72.8 Å². The maximum atomic E-state index is 12.3. The quantitative estimate of drug-likeness (QED) is 0.608. The third-order valence-electron chi connectivity index (χ3n) is 3.66. The molecule has 0 saturated heterocycles. The maximum absolute atomic E-state index is 12.3. The Morgan fingerprint density at radius 2 is 1.58 bits per heavy atom. The van der Waals surface area contributed by atoms with E-state index in [1.54, 1.807) is 12.1 Å². The maximum Gasteiger partial charge on any atom is 0.387 e. The fraction of sp³-hybridized carbons (Fsp3) is 0.0500. The molecule has 3 aromatic carbocycles. The van der Waals surface area contributed by atoms with Crippen LogP contribution >= 0.6 is 11.6 Å². The zero-order valence-corrected chi connectivity index (χ0v) is 14.2. The molecule has 3 aromatic rings. The van der Waals surface area contributed by atoms with E-state index in [2.05, 4.69) is 10.1 Å². The topological polar surface area (TPSA) is 38.3 Å². The van der Waals surface area contributed by atoms with Gasteiger partial charge in [0, 0.05) is 11.3 Å². The number of hydrogen-bond acceptors (Lipinski definition) is 2. The fourth-order valence-electron chi connectivity index (χ4n) is 2.42. The van der Waals surface area contributed by atoms with Gasteiger partial charge in [-0.05, 0) is 41.5 Å². The first kappa shape index (κ1) is 17.9. The molecule has 0 radical (unpaired) electrons. The SMILES string of the molecule is O=C(Nc1ccc(OC(F)F)c(Cl)c1)c1ccc(-c2ccccc2)cc1.